The molecule has 0 aliphatic heterocycles. The molecule has 0 fully saturated rings. The molecule has 5 nitrogen and oxygen atoms in total. The smallest absolute Gasteiger partial charge is 0.224 e. The van der Waals surface area contributed by atoms with Gasteiger partial charge in [0.15, 0.2) is 11.5 Å². The van der Waals surface area contributed by atoms with Crippen molar-refractivity contribution in [3.8, 4) is 11.5 Å². The maximum absolute atomic E-state index is 11.3. The van der Waals surface area contributed by atoms with Gasteiger partial charge in [0.05, 0.1) is 6.42 Å². The van der Waals surface area contributed by atoms with E-state index in [1.807, 2.05) is 24.3 Å². The lowest BCUT2D eigenvalue weighted by molar-refractivity contribution is -0.119. The molecule has 0 atom stereocenters. The average Bonchev–Trinajstić information content (AvgIpc) is 2.50. The molecule has 0 aromatic heterocycles. The maximum Gasteiger partial charge on any atom is 0.224 e. The van der Waals surface area contributed by atoms with Gasteiger partial charge in [-0.1, -0.05) is 18.2 Å². The summed E-state index contributed by atoms with van der Waals surface area (Å²) >= 11 is 0. The first kappa shape index (κ1) is 14.7. The zero-order valence-corrected chi connectivity index (χ0v) is 11.8. The zero-order valence-electron chi connectivity index (χ0n) is 11.8. The molecule has 21 heavy (non-hydrogen) atoms. The molecule has 0 unspecified atom stereocenters. The second kappa shape index (κ2) is 6.65. The van der Waals surface area contributed by atoms with Crippen LogP contribution < -0.4 is 10.6 Å². The van der Waals surface area contributed by atoms with Crippen LogP contribution in [0.4, 0.5) is 5.69 Å². The molecule has 0 aliphatic carbocycles. The van der Waals surface area contributed by atoms with E-state index in [9.17, 15) is 15.0 Å². The number of aromatic hydroxyl groups is 2. The summed E-state index contributed by atoms with van der Waals surface area (Å²) in [6.07, 6.45) is 0.364. The number of amides is 1. The molecule has 0 radical (unpaired) electrons. The van der Waals surface area contributed by atoms with Crippen molar-refractivity contribution in [1.82, 2.24) is 5.32 Å². The van der Waals surface area contributed by atoms with Gasteiger partial charge in [0.2, 0.25) is 5.91 Å². The van der Waals surface area contributed by atoms with Gasteiger partial charge in [0, 0.05) is 19.3 Å². The summed E-state index contributed by atoms with van der Waals surface area (Å²) in [5.41, 5.74) is 2.73. The fourth-order valence-corrected chi connectivity index (χ4v) is 1.90. The number of anilines is 1. The molecule has 1 amide bonds. The van der Waals surface area contributed by atoms with Crippen molar-refractivity contribution in [2.24, 2.45) is 0 Å². The third-order valence-corrected chi connectivity index (χ3v) is 3.13. The number of hydrogen-bond acceptors (Lipinski definition) is 4. The fraction of sp³-hybridized carbons (Fsp3) is 0.188. The number of phenols is 2. The first-order valence-corrected chi connectivity index (χ1v) is 6.62. The third-order valence-electron chi connectivity index (χ3n) is 3.13. The highest BCUT2D eigenvalue weighted by atomic mass is 16.3. The van der Waals surface area contributed by atoms with E-state index in [2.05, 4.69) is 10.6 Å². The molecule has 110 valence electrons. The second-order valence-electron chi connectivity index (χ2n) is 4.72. The van der Waals surface area contributed by atoms with E-state index < -0.39 is 0 Å². The lowest BCUT2D eigenvalue weighted by Gasteiger charge is -2.08. The molecule has 0 aliphatic rings. The third kappa shape index (κ3) is 4.14. The van der Waals surface area contributed by atoms with Crippen LogP contribution in [0, 0.1) is 0 Å². The Hall–Kier alpha value is -2.69. The summed E-state index contributed by atoms with van der Waals surface area (Å²) in [5.74, 6) is -0.275. The van der Waals surface area contributed by atoms with Crippen LogP contribution in [0.25, 0.3) is 0 Å². The zero-order chi connectivity index (χ0) is 15.2. The number of carbonyl (C=O) groups excluding carboxylic acids is 1. The molecule has 0 spiro atoms. The number of carbonyl (C=O) groups is 1. The van der Waals surface area contributed by atoms with Crippen LogP contribution in [0.5, 0.6) is 11.5 Å². The number of rotatable bonds is 5. The minimum absolute atomic E-state index is 0.0183. The van der Waals surface area contributed by atoms with E-state index in [4.69, 9.17) is 0 Å². The number of hydrogen-bond donors (Lipinski definition) is 4. The number of phenolic OH excluding ortho intramolecular Hbond substituents is 2. The molecule has 2 aromatic carbocycles. The molecule has 2 rings (SSSR count). The summed E-state index contributed by atoms with van der Waals surface area (Å²) in [7, 11) is 1.62. The fourth-order valence-electron chi connectivity index (χ4n) is 1.90. The maximum atomic E-state index is 11.3. The SMILES string of the molecule is CNC(=O)Cc1ccc(NCc2ccc(O)c(O)c2)cc1. The van der Waals surface area contributed by atoms with Gasteiger partial charge < -0.3 is 20.8 Å². The van der Waals surface area contributed by atoms with Crippen molar-refractivity contribution in [1.29, 1.82) is 0 Å². The van der Waals surface area contributed by atoms with Crippen LogP contribution in [-0.4, -0.2) is 23.2 Å². The van der Waals surface area contributed by atoms with Gasteiger partial charge in [-0.25, -0.2) is 0 Å². The monoisotopic (exact) mass is 286 g/mol. The normalized spacial score (nSPS) is 10.1. The molecule has 0 bridgehead atoms. The minimum Gasteiger partial charge on any atom is -0.504 e. The molecule has 4 N–H and O–H groups in total. The molecular formula is C16H18N2O3. The molecule has 0 heterocycles. The van der Waals surface area contributed by atoms with Crippen LogP contribution in [0.3, 0.4) is 0 Å². The minimum atomic E-state index is -0.129. The van der Waals surface area contributed by atoms with Crippen LogP contribution >= 0.6 is 0 Å². The number of nitrogens with one attached hydrogen (secondary N) is 2. The second-order valence-corrected chi connectivity index (χ2v) is 4.72. The van der Waals surface area contributed by atoms with Crippen LogP contribution in [0.2, 0.25) is 0 Å². The van der Waals surface area contributed by atoms with Crippen molar-refractivity contribution in [3.05, 3.63) is 53.6 Å². The number of benzene rings is 2. The molecule has 5 heteroatoms. The Bertz CT molecular complexity index is 624. The van der Waals surface area contributed by atoms with Gasteiger partial charge in [-0.2, -0.15) is 0 Å². The molecule has 2 aromatic rings. The standard InChI is InChI=1S/C16H18N2O3/c1-17-16(21)9-11-2-5-13(6-3-11)18-10-12-4-7-14(19)15(20)8-12/h2-8,18-20H,9-10H2,1H3,(H,17,21). The largest absolute Gasteiger partial charge is 0.504 e. The predicted molar refractivity (Wildman–Crippen MR) is 81.3 cm³/mol. The summed E-state index contributed by atoms with van der Waals surface area (Å²) < 4.78 is 0. The summed E-state index contributed by atoms with van der Waals surface area (Å²) in [4.78, 5) is 11.3. The van der Waals surface area contributed by atoms with Gasteiger partial charge in [-0.15, -0.1) is 0 Å². The van der Waals surface area contributed by atoms with Gasteiger partial charge >= 0.3 is 0 Å². The van der Waals surface area contributed by atoms with Crippen molar-refractivity contribution in [2.45, 2.75) is 13.0 Å². The van der Waals surface area contributed by atoms with Crippen molar-refractivity contribution < 1.29 is 15.0 Å². The highest BCUT2D eigenvalue weighted by molar-refractivity contribution is 5.78. The molecular weight excluding hydrogens is 268 g/mol. The van der Waals surface area contributed by atoms with Gasteiger partial charge in [0.25, 0.3) is 0 Å². The quantitative estimate of drug-likeness (QED) is 0.634. The van der Waals surface area contributed by atoms with E-state index in [0.717, 1.165) is 16.8 Å². The molecule has 0 saturated carbocycles. The van der Waals surface area contributed by atoms with Gasteiger partial charge in [-0.3, -0.25) is 4.79 Å². The summed E-state index contributed by atoms with van der Waals surface area (Å²) in [6, 6.07) is 12.3. The van der Waals surface area contributed by atoms with Crippen LogP contribution in [0.15, 0.2) is 42.5 Å². The summed E-state index contributed by atoms with van der Waals surface area (Å²) in [5, 5.41) is 24.5. The van der Waals surface area contributed by atoms with Gasteiger partial charge in [0.1, 0.15) is 0 Å². The first-order chi connectivity index (χ1) is 10.1. The highest BCUT2D eigenvalue weighted by Crippen LogP contribution is 2.25. The lowest BCUT2D eigenvalue weighted by atomic mass is 10.1. The Morgan fingerprint density at radius 3 is 2.29 bits per heavy atom. The number of likely N-dealkylation sites (N-methyl/N-ethyl adjacent to an activating group) is 1. The lowest BCUT2D eigenvalue weighted by Crippen LogP contribution is -2.19. The average molecular weight is 286 g/mol. The Balaban J connectivity index is 1.94. The van der Waals surface area contributed by atoms with Crippen molar-refractivity contribution in [2.75, 3.05) is 12.4 Å². The first-order valence-electron chi connectivity index (χ1n) is 6.62. The van der Waals surface area contributed by atoms with Crippen LogP contribution in [0.1, 0.15) is 11.1 Å². The Kier molecular flexibility index (Phi) is 4.66. The summed E-state index contributed by atoms with van der Waals surface area (Å²) in [6.45, 7) is 0.530. The Morgan fingerprint density at radius 1 is 1.00 bits per heavy atom. The van der Waals surface area contributed by atoms with E-state index in [1.54, 1.807) is 13.1 Å². The van der Waals surface area contributed by atoms with Crippen molar-refractivity contribution >= 4 is 11.6 Å². The molecule has 0 saturated heterocycles. The van der Waals surface area contributed by atoms with Gasteiger partial charge in [-0.05, 0) is 35.4 Å². The Morgan fingerprint density at radius 2 is 1.67 bits per heavy atom. The van der Waals surface area contributed by atoms with E-state index in [-0.39, 0.29) is 17.4 Å². The van der Waals surface area contributed by atoms with E-state index in [1.165, 1.54) is 12.1 Å². The topological polar surface area (TPSA) is 81.6 Å². The van der Waals surface area contributed by atoms with E-state index >= 15 is 0 Å². The predicted octanol–water partition coefficient (Wildman–Crippen LogP) is 2.00. The van der Waals surface area contributed by atoms with Crippen molar-refractivity contribution in [3.63, 3.8) is 0 Å². The Labute approximate surface area is 123 Å². The van der Waals surface area contributed by atoms with Crippen LogP contribution in [-0.2, 0) is 17.8 Å². The van der Waals surface area contributed by atoms with E-state index in [0.29, 0.717) is 13.0 Å². The highest BCUT2D eigenvalue weighted by Gasteiger charge is 2.02.